The Morgan fingerprint density at radius 1 is 1.18 bits per heavy atom. The topological polar surface area (TPSA) is 75.7 Å². The van der Waals surface area contributed by atoms with Crippen molar-refractivity contribution < 1.29 is 17.9 Å². The van der Waals surface area contributed by atoms with Crippen molar-refractivity contribution in [2.75, 3.05) is 23.0 Å². The van der Waals surface area contributed by atoms with Crippen LogP contribution in [0.15, 0.2) is 36.4 Å². The van der Waals surface area contributed by atoms with Crippen LogP contribution < -0.4 is 14.4 Å². The molecule has 1 N–H and O–H groups in total. The average Bonchev–Trinajstić information content (AvgIpc) is 2.61. The van der Waals surface area contributed by atoms with Gasteiger partial charge in [-0.3, -0.25) is 9.10 Å². The van der Waals surface area contributed by atoms with Crippen molar-refractivity contribution in [3.05, 3.63) is 52.0 Å². The molecule has 1 atom stereocenters. The van der Waals surface area contributed by atoms with Gasteiger partial charge in [0.05, 0.1) is 24.1 Å². The molecule has 6 nitrogen and oxygen atoms in total. The van der Waals surface area contributed by atoms with Gasteiger partial charge in [0.25, 0.3) is 0 Å². The number of carbonyl (C=O) groups excluding carboxylic acids is 1. The van der Waals surface area contributed by atoms with E-state index in [4.69, 9.17) is 27.9 Å². The summed E-state index contributed by atoms with van der Waals surface area (Å²) in [6.45, 7) is 3.55. The number of rotatable bonds is 7. The molecule has 0 aliphatic rings. The number of aryl methyl sites for hydroxylation is 1. The summed E-state index contributed by atoms with van der Waals surface area (Å²) in [7, 11) is -2.26. The minimum atomic E-state index is -3.75. The molecular formula is C19H22Cl2N2O4S. The van der Waals surface area contributed by atoms with Gasteiger partial charge in [0, 0.05) is 10.7 Å². The van der Waals surface area contributed by atoms with Gasteiger partial charge in [-0.1, -0.05) is 36.2 Å². The van der Waals surface area contributed by atoms with Gasteiger partial charge in [-0.05, 0) is 49.2 Å². The summed E-state index contributed by atoms with van der Waals surface area (Å²) in [5, 5.41) is 3.47. The molecule has 152 valence electrons. The quantitative estimate of drug-likeness (QED) is 0.681. The maximum absolute atomic E-state index is 12.9. The van der Waals surface area contributed by atoms with E-state index in [1.165, 1.54) is 13.2 Å². The fourth-order valence-corrected chi connectivity index (χ4v) is 4.38. The van der Waals surface area contributed by atoms with Gasteiger partial charge in [-0.15, -0.1) is 0 Å². The Morgan fingerprint density at radius 3 is 2.36 bits per heavy atom. The zero-order valence-corrected chi connectivity index (χ0v) is 18.3. The minimum Gasteiger partial charge on any atom is -0.495 e. The van der Waals surface area contributed by atoms with E-state index >= 15 is 0 Å². The van der Waals surface area contributed by atoms with E-state index in [0.29, 0.717) is 27.2 Å². The van der Waals surface area contributed by atoms with Crippen LogP contribution in [0.3, 0.4) is 0 Å². The summed E-state index contributed by atoms with van der Waals surface area (Å²) in [4.78, 5) is 12.9. The van der Waals surface area contributed by atoms with E-state index in [1.807, 2.05) is 6.92 Å². The Morgan fingerprint density at radius 2 is 1.86 bits per heavy atom. The van der Waals surface area contributed by atoms with Crippen molar-refractivity contribution >= 4 is 50.5 Å². The van der Waals surface area contributed by atoms with Crippen molar-refractivity contribution in [3.63, 3.8) is 0 Å². The van der Waals surface area contributed by atoms with Crippen LogP contribution in [-0.2, 0) is 14.8 Å². The Balaban J connectivity index is 2.38. The summed E-state index contributed by atoms with van der Waals surface area (Å²) >= 11 is 12.3. The van der Waals surface area contributed by atoms with Crippen LogP contribution in [-0.4, -0.2) is 33.7 Å². The molecule has 0 heterocycles. The zero-order chi connectivity index (χ0) is 21.1. The highest BCUT2D eigenvalue weighted by molar-refractivity contribution is 7.92. The summed E-state index contributed by atoms with van der Waals surface area (Å²) in [6.07, 6.45) is 1.31. The van der Waals surface area contributed by atoms with Gasteiger partial charge in [0.15, 0.2) is 0 Å². The smallest absolute Gasteiger partial charge is 0.248 e. The number of hydrogen-bond acceptors (Lipinski definition) is 4. The number of anilines is 2. The van der Waals surface area contributed by atoms with Crippen LogP contribution in [0.4, 0.5) is 11.4 Å². The van der Waals surface area contributed by atoms with Crippen molar-refractivity contribution in [2.45, 2.75) is 26.3 Å². The molecule has 0 aliphatic heterocycles. The number of methoxy groups -OCH3 is 1. The maximum atomic E-state index is 12.9. The Bertz CT molecular complexity index is 980. The summed E-state index contributed by atoms with van der Waals surface area (Å²) in [5.74, 6) is -0.00961. The van der Waals surface area contributed by atoms with Gasteiger partial charge in [-0.25, -0.2) is 8.42 Å². The molecule has 2 rings (SSSR count). The van der Waals surface area contributed by atoms with Gasteiger partial charge in [0.1, 0.15) is 11.8 Å². The predicted molar refractivity (Wildman–Crippen MR) is 114 cm³/mol. The molecule has 0 bridgehead atoms. The normalized spacial score (nSPS) is 12.4. The number of hydrogen-bond donors (Lipinski definition) is 1. The summed E-state index contributed by atoms with van der Waals surface area (Å²) in [5.41, 5.74) is 1.57. The highest BCUT2D eigenvalue weighted by atomic mass is 35.5. The van der Waals surface area contributed by atoms with Gasteiger partial charge < -0.3 is 10.1 Å². The molecule has 9 heteroatoms. The molecule has 1 amide bonds. The van der Waals surface area contributed by atoms with E-state index in [1.54, 1.807) is 37.3 Å². The second kappa shape index (κ2) is 9.03. The van der Waals surface area contributed by atoms with E-state index in [9.17, 15) is 13.2 Å². The van der Waals surface area contributed by atoms with Crippen LogP contribution in [0.25, 0.3) is 0 Å². The fraction of sp³-hybridized carbons (Fsp3) is 0.316. The number of nitrogens with zero attached hydrogens (tertiary/aromatic N) is 1. The first-order valence-electron chi connectivity index (χ1n) is 8.48. The predicted octanol–water partition coefficient (Wildman–Crippen LogP) is 4.49. The van der Waals surface area contributed by atoms with Crippen molar-refractivity contribution in [1.82, 2.24) is 0 Å². The average molecular weight is 445 g/mol. The lowest BCUT2D eigenvalue weighted by Crippen LogP contribution is -2.47. The van der Waals surface area contributed by atoms with Crippen molar-refractivity contribution in [1.29, 1.82) is 0 Å². The Labute approximate surface area is 175 Å². The highest BCUT2D eigenvalue weighted by Crippen LogP contribution is 2.30. The standard InChI is InChI=1S/C19H22Cl2N2O4S/c1-5-17(19(24)22-13-7-9-18(27-3)16(21)10-13)23(28(4,25)26)14-8-6-12(2)15(20)11-14/h6-11,17H,5H2,1-4H3,(H,22,24)/t17-/m1/s1. The summed E-state index contributed by atoms with van der Waals surface area (Å²) < 4.78 is 31.1. The number of nitrogens with one attached hydrogen (secondary N) is 1. The lowest BCUT2D eigenvalue weighted by Gasteiger charge is -2.30. The largest absolute Gasteiger partial charge is 0.495 e. The first kappa shape index (κ1) is 22.3. The molecule has 0 radical (unpaired) electrons. The van der Waals surface area contributed by atoms with Crippen LogP contribution in [0.5, 0.6) is 5.75 Å². The molecule has 0 spiro atoms. The van der Waals surface area contributed by atoms with Crippen LogP contribution in [0.1, 0.15) is 18.9 Å². The number of sulfonamides is 1. The van der Waals surface area contributed by atoms with E-state index in [2.05, 4.69) is 5.32 Å². The number of amides is 1. The second-order valence-corrected chi connectivity index (χ2v) is 8.93. The highest BCUT2D eigenvalue weighted by Gasteiger charge is 2.32. The fourth-order valence-electron chi connectivity index (χ4n) is 2.75. The van der Waals surface area contributed by atoms with Crippen LogP contribution in [0.2, 0.25) is 10.0 Å². The molecule has 0 fully saturated rings. The monoisotopic (exact) mass is 444 g/mol. The van der Waals surface area contributed by atoms with Gasteiger partial charge in [0.2, 0.25) is 15.9 Å². The minimum absolute atomic E-state index is 0.258. The number of benzene rings is 2. The first-order chi connectivity index (χ1) is 13.1. The van der Waals surface area contributed by atoms with Gasteiger partial charge >= 0.3 is 0 Å². The van der Waals surface area contributed by atoms with E-state index < -0.39 is 22.0 Å². The van der Waals surface area contributed by atoms with E-state index in [-0.39, 0.29) is 6.42 Å². The second-order valence-electron chi connectivity index (χ2n) is 6.25. The summed E-state index contributed by atoms with van der Waals surface area (Å²) in [6, 6.07) is 8.70. The molecular weight excluding hydrogens is 423 g/mol. The Hall–Kier alpha value is -1.96. The number of halogens is 2. The number of carbonyl (C=O) groups is 1. The molecule has 0 saturated heterocycles. The van der Waals surface area contributed by atoms with Crippen LogP contribution in [0, 0.1) is 6.92 Å². The third-order valence-electron chi connectivity index (χ3n) is 4.16. The maximum Gasteiger partial charge on any atom is 0.248 e. The van der Waals surface area contributed by atoms with E-state index in [0.717, 1.165) is 16.1 Å². The van der Waals surface area contributed by atoms with Crippen molar-refractivity contribution in [2.24, 2.45) is 0 Å². The van der Waals surface area contributed by atoms with Crippen LogP contribution >= 0.6 is 23.2 Å². The Kier molecular flexibility index (Phi) is 7.20. The number of ether oxygens (including phenoxy) is 1. The first-order valence-corrected chi connectivity index (χ1v) is 11.1. The van der Waals surface area contributed by atoms with Crippen molar-refractivity contribution in [3.8, 4) is 5.75 Å². The molecule has 2 aromatic carbocycles. The SMILES string of the molecule is CC[C@H](C(=O)Nc1ccc(OC)c(Cl)c1)N(c1ccc(C)c(Cl)c1)S(C)(=O)=O. The molecule has 0 saturated carbocycles. The third-order valence-corrected chi connectivity index (χ3v) is 6.04. The lowest BCUT2D eigenvalue weighted by atomic mass is 10.1. The molecule has 0 aromatic heterocycles. The lowest BCUT2D eigenvalue weighted by molar-refractivity contribution is -0.117. The third kappa shape index (κ3) is 5.10. The molecule has 0 aliphatic carbocycles. The molecule has 2 aromatic rings. The molecule has 0 unspecified atom stereocenters. The van der Waals surface area contributed by atoms with Gasteiger partial charge in [-0.2, -0.15) is 0 Å². The molecule has 28 heavy (non-hydrogen) atoms. The zero-order valence-electron chi connectivity index (χ0n) is 16.0.